The van der Waals surface area contributed by atoms with Gasteiger partial charge < -0.3 is 9.64 Å². The quantitative estimate of drug-likeness (QED) is 0.512. The van der Waals surface area contributed by atoms with E-state index in [-0.39, 0.29) is 11.9 Å². The molecule has 4 aromatic rings. The number of methoxy groups -OCH3 is 1. The third-order valence-electron chi connectivity index (χ3n) is 5.69. The van der Waals surface area contributed by atoms with Crippen molar-refractivity contribution in [3.05, 3.63) is 84.2 Å². The molecule has 0 aliphatic carbocycles. The third-order valence-corrected chi connectivity index (χ3v) is 5.69. The van der Waals surface area contributed by atoms with Crippen molar-refractivity contribution < 1.29 is 9.53 Å². The molecule has 1 aliphatic heterocycles. The van der Waals surface area contributed by atoms with E-state index >= 15 is 0 Å². The first-order valence-electron chi connectivity index (χ1n) is 10.1. The molecule has 2 aromatic carbocycles. The lowest BCUT2D eigenvalue weighted by Gasteiger charge is -2.23. The summed E-state index contributed by atoms with van der Waals surface area (Å²) in [5.41, 5.74) is 4.58. The van der Waals surface area contributed by atoms with Crippen molar-refractivity contribution in [3.8, 4) is 16.9 Å². The van der Waals surface area contributed by atoms with E-state index in [1.165, 1.54) is 0 Å². The van der Waals surface area contributed by atoms with Crippen LogP contribution in [0.25, 0.3) is 16.6 Å². The Morgan fingerprint density at radius 1 is 1.03 bits per heavy atom. The van der Waals surface area contributed by atoms with Crippen LogP contribution in [-0.2, 0) is 0 Å². The smallest absolute Gasteiger partial charge is 0.254 e. The highest BCUT2D eigenvalue weighted by atomic mass is 16.5. The maximum atomic E-state index is 13.0. The van der Waals surface area contributed by atoms with Gasteiger partial charge in [-0.15, -0.1) is 5.10 Å². The highest BCUT2D eigenvalue weighted by molar-refractivity contribution is 5.94. The minimum atomic E-state index is -0.0575. The Kier molecular flexibility index (Phi) is 4.67. The molecule has 0 N–H and O–H groups in total. The number of carbonyl (C=O) groups excluding carboxylic acids is 1. The lowest BCUT2D eigenvalue weighted by atomic mass is 10.1. The van der Waals surface area contributed by atoms with Crippen LogP contribution in [0, 0.1) is 0 Å². The SMILES string of the molecule is COc1cccc(-c2ccc3c([C@@H]4CCCN4C(=O)c4ccccc4)nnn3c2)c1. The van der Waals surface area contributed by atoms with Crippen molar-refractivity contribution in [2.24, 2.45) is 0 Å². The van der Waals surface area contributed by atoms with Crippen LogP contribution in [0.15, 0.2) is 72.9 Å². The number of likely N-dealkylation sites (tertiary alicyclic amines) is 1. The second-order valence-corrected chi connectivity index (χ2v) is 7.48. The normalized spacial score (nSPS) is 16.2. The van der Waals surface area contributed by atoms with Crippen LogP contribution in [0.5, 0.6) is 5.75 Å². The summed E-state index contributed by atoms with van der Waals surface area (Å²) in [7, 11) is 1.66. The topological polar surface area (TPSA) is 59.7 Å². The molecule has 5 rings (SSSR count). The third kappa shape index (κ3) is 3.20. The number of carbonyl (C=O) groups is 1. The molecule has 1 aliphatic rings. The Balaban J connectivity index is 1.48. The van der Waals surface area contributed by atoms with Crippen molar-refractivity contribution in [1.82, 2.24) is 19.7 Å². The first-order valence-corrected chi connectivity index (χ1v) is 10.1. The molecule has 6 heteroatoms. The van der Waals surface area contributed by atoms with Gasteiger partial charge in [-0.2, -0.15) is 0 Å². The number of fused-ring (bicyclic) bond motifs is 1. The van der Waals surface area contributed by atoms with Gasteiger partial charge in [-0.1, -0.05) is 41.6 Å². The Hall–Kier alpha value is -3.67. The average molecular weight is 398 g/mol. The number of rotatable bonds is 4. The van der Waals surface area contributed by atoms with Gasteiger partial charge in [0, 0.05) is 23.9 Å². The van der Waals surface area contributed by atoms with E-state index in [1.54, 1.807) is 11.6 Å². The summed E-state index contributed by atoms with van der Waals surface area (Å²) in [6.45, 7) is 0.735. The van der Waals surface area contributed by atoms with E-state index in [4.69, 9.17) is 4.74 Å². The molecule has 30 heavy (non-hydrogen) atoms. The maximum Gasteiger partial charge on any atom is 0.254 e. The van der Waals surface area contributed by atoms with Gasteiger partial charge >= 0.3 is 0 Å². The molecule has 3 heterocycles. The molecular weight excluding hydrogens is 376 g/mol. The first kappa shape index (κ1) is 18.4. The van der Waals surface area contributed by atoms with Gasteiger partial charge in [0.25, 0.3) is 5.91 Å². The fourth-order valence-corrected chi connectivity index (χ4v) is 4.17. The summed E-state index contributed by atoms with van der Waals surface area (Å²) in [5, 5.41) is 8.82. The molecule has 0 bridgehead atoms. The second-order valence-electron chi connectivity index (χ2n) is 7.48. The van der Waals surface area contributed by atoms with Crippen molar-refractivity contribution in [2.45, 2.75) is 18.9 Å². The van der Waals surface area contributed by atoms with Gasteiger partial charge in [-0.3, -0.25) is 4.79 Å². The standard InChI is InChI=1S/C24H22N4O2/c1-30-20-10-5-9-18(15-20)19-12-13-22-23(25-26-28(22)16-19)21-11-6-14-27(21)24(29)17-7-3-2-4-8-17/h2-5,7-10,12-13,15-16,21H,6,11,14H2,1H3/t21-/m0/s1. The largest absolute Gasteiger partial charge is 0.497 e. The van der Waals surface area contributed by atoms with Crippen LogP contribution < -0.4 is 4.74 Å². The number of hydrogen-bond acceptors (Lipinski definition) is 4. The van der Waals surface area contributed by atoms with Gasteiger partial charge in [0.15, 0.2) is 0 Å². The highest BCUT2D eigenvalue weighted by Gasteiger charge is 2.33. The lowest BCUT2D eigenvalue weighted by Crippen LogP contribution is -2.30. The van der Waals surface area contributed by atoms with E-state index < -0.39 is 0 Å². The van der Waals surface area contributed by atoms with Crippen molar-refractivity contribution in [3.63, 3.8) is 0 Å². The summed E-state index contributed by atoms with van der Waals surface area (Å²) in [6, 6.07) is 21.4. The van der Waals surface area contributed by atoms with Gasteiger partial charge in [0.05, 0.1) is 18.7 Å². The first-order chi connectivity index (χ1) is 14.7. The molecule has 1 fully saturated rings. The van der Waals surface area contributed by atoms with Gasteiger partial charge in [-0.05, 0) is 48.7 Å². The molecule has 1 atom stereocenters. The Morgan fingerprint density at radius 3 is 2.73 bits per heavy atom. The summed E-state index contributed by atoms with van der Waals surface area (Å²) in [6.07, 6.45) is 3.83. The van der Waals surface area contributed by atoms with Crippen LogP contribution in [0.1, 0.15) is 34.9 Å². The van der Waals surface area contributed by atoms with Crippen LogP contribution in [0.2, 0.25) is 0 Å². The van der Waals surface area contributed by atoms with Crippen LogP contribution in [0.4, 0.5) is 0 Å². The van der Waals surface area contributed by atoms with E-state index in [1.807, 2.05) is 71.8 Å². The number of amides is 1. The monoisotopic (exact) mass is 398 g/mol. The minimum absolute atomic E-state index is 0.0484. The van der Waals surface area contributed by atoms with Crippen molar-refractivity contribution >= 4 is 11.4 Å². The number of nitrogens with zero attached hydrogens (tertiary/aromatic N) is 4. The molecule has 0 saturated carbocycles. The summed E-state index contributed by atoms with van der Waals surface area (Å²) in [4.78, 5) is 15.0. The highest BCUT2D eigenvalue weighted by Crippen LogP contribution is 2.34. The zero-order valence-electron chi connectivity index (χ0n) is 16.7. The number of ether oxygens (including phenoxy) is 1. The zero-order valence-corrected chi connectivity index (χ0v) is 16.7. The fraction of sp³-hybridized carbons (Fsp3) is 0.208. The van der Waals surface area contributed by atoms with Crippen LogP contribution >= 0.6 is 0 Å². The summed E-state index contributed by atoms with van der Waals surface area (Å²) >= 11 is 0. The molecule has 150 valence electrons. The molecule has 1 saturated heterocycles. The minimum Gasteiger partial charge on any atom is -0.497 e. The Morgan fingerprint density at radius 2 is 1.90 bits per heavy atom. The van der Waals surface area contributed by atoms with Gasteiger partial charge in [-0.25, -0.2) is 4.52 Å². The second kappa shape index (κ2) is 7.63. The van der Waals surface area contributed by atoms with Gasteiger partial charge in [0.1, 0.15) is 11.4 Å². The lowest BCUT2D eigenvalue weighted by molar-refractivity contribution is 0.0734. The summed E-state index contributed by atoms with van der Waals surface area (Å²) < 4.78 is 7.13. The average Bonchev–Trinajstić information content (AvgIpc) is 3.45. The maximum absolute atomic E-state index is 13.0. The molecular formula is C24H22N4O2. The predicted molar refractivity (Wildman–Crippen MR) is 114 cm³/mol. The predicted octanol–water partition coefficient (Wildman–Crippen LogP) is 4.38. The van der Waals surface area contributed by atoms with Gasteiger partial charge in [0.2, 0.25) is 0 Å². The molecule has 2 aromatic heterocycles. The molecule has 0 unspecified atom stereocenters. The Labute approximate surface area is 174 Å². The van der Waals surface area contributed by atoms with Crippen molar-refractivity contribution in [2.75, 3.05) is 13.7 Å². The molecule has 0 radical (unpaired) electrons. The van der Waals surface area contributed by atoms with Crippen LogP contribution in [0.3, 0.4) is 0 Å². The number of aromatic nitrogens is 3. The van der Waals surface area contributed by atoms with E-state index in [0.717, 1.165) is 47.5 Å². The van der Waals surface area contributed by atoms with E-state index in [9.17, 15) is 4.79 Å². The molecule has 1 amide bonds. The van der Waals surface area contributed by atoms with E-state index in [0.29, 0.717) is 5.56 Å². The number of hydrogen-bond donors (Lipinski definition) is 0. The molecule has 6 nitrogen and oxygen atoms in total. The van der Waals surface area contributed by atoms with Crippen molar-refractivity contribution in [1.29, 1.82) is 0 Å². The fourth-order valence-electron chi connectivity index (χ4n) is 4.17. The van der Waals surface area contributed by atoms with E-state index in [2.05, 4.69) is 16.4 Å². The zero-order chi connectivity index (χ0) is 20.5. The summed E-state index contributed by atoms with van der Waals surface area (Å²) in [5.74, 6) is 0.861. The number of benzene rings is 2. The molecule has 0 spiro atoms. The number of pyridine rings is 1. The van der Waals surface area contributed by atoms with Crippen LogP contribution in [-0.4, -0.2) is 39.3 Å². The Bertz CT molecular complexity index is 1200.